The lowest BCUT2D eigenvalue weighted by Gasteiger charge is -2.30. The van der Waals surface area contributed by atoms with Gasteiger partial charge < -0.3 is 9.47 Å². The lowest BCUT2D eigenvalue weighted by molar-refractivity contribution is 0.0858. The first kappa shape index (κ1) is 15.9. The van der Waals surface area contributed by atoms with Gasteiger partial charge in [0.15, 0.2) is 17.3 Å². The zero-order chi connectivity index (χ0) is 15.4. The Balaban J connectivity index is 2.07. The van der Waals surface area contributed by atoms with Crippen LogP contribution in [0.5, 0.6) is 11.5 Å². The zero-order valence-electron chi connectivity index (χ0n) is 13.5. The van der Waals surface area contributed by atoms with Crippen LogP contribution in [-0.2, 0) is 0 Å². The Labute approximate surface area is 127 Å². The number of methoxy groups -OCH3 is 2. The van der Waals surface area contributed by atoms with Crippen molar-refractivity contribution in [3.63, 3.8) is 0 Å². The van der Waals surface area contributed by atoms with Crippen LogP contribution < -0.4 is 9.47 Å². The second kappa shape index (κ2) is 6.97. The monoisotopic (exact) mass is 290 g/mol. The van der Waals surface area contributed by atoms with E-state index < -0.39 is 0 Å². The molecule has 1 aliphatic rings. The summed E-state index contributed by atoms with van der Waals surface area (Å²) in [5.74, 6) is 3.20. The van der Waals surface area contributed by atoms with E-state index in [0.29, 0.717) is 11.5 Å². The predicted molar refractivity (Wildman–Crippen MR) is 84.2 cm³/mol. The molecule has 0 bridgehead atoms. The molecule has 0 unspecified atom stereocenters. The maximum atomic E-state index is 12.6. The van der Waals surface area contributed by atoms with Gasteiger partial charge in [0.2, 0.25) is 0 Å². The summed E-state index contributed by atoms with van der Waals surface area (Å²) in [6, 6.07) is 5.46. The maximum absolute atomic E-state index is 12.6. The summed E-state index contributed by atoms with van der Waals surface area (Å²) in [6.45, 7) is 4.56. The summed E-state index contributed by atoms with van der Waals surface area (Å²) in [5, 5.41) is 0. The van der Waals surface area contributed by atoms with Gasteiger partial charge in [-0.2, -0.15) is 0 Å². The first-order valence-corrected chi connectivity index (χ1v) is 7.83. The highest BCUT2D eigenvalue weighted by Crippen LogP contribution is 2.36. The second-order valence-corrected chi connectivity index (χ2v) is 6.29. The Kier molecular flexibility index (Phi) is 5.27. The molecule has 0 atom stereocenters. The standard InChI is InChI=1S/C18H26O3/c1-12(2)13-5-7-14(8-6-13)18(19)15-9-10-16(20-3)17(11-15)21-4/h9-14H,5-8H2,1-4H3. The van der Waals surface area contributed by atoms with Gasteiger partial charge >= 0.3 is 0 Å². The average Bonchev–Trinajstić information content (AvgIpc) is 2.53. The molecule has 21 heavy (non-hydrogen) atoms. The molecule has 2 rings (SSSR count). The Hall–Kier alpha value is -1.51. The molecule has 116 valence electrons. The molecule has 3 heteroatoms. The summed E-state index contributed by atoms with van der Waals surface area (Å²) >= 11 is 0. The van der Waals surface area contributed by atoms with Crippen LogP contribution in [0.3, 0.4) is 0 Å². The number of carbonyl (C=O) groups excluding carboxylic acids is 1. The molecular weight excluding hydrogens is 264 g/mol. The molecule has 0 heterocycles. The van der Waals surface area contributed by atoms with Crippen molar-refractivity contribution in [1.82, 2.24) is 0 Å². The minimum atomic E-state index is 0.165. The Bertz CT molecular complexity index is 485. The Morgan fingerprint density at radius 3 is 2.19 bits per heavy atom. The van der Waals surface area contributed by atoms with E-state index in [0.717, 1.165) is 30.2 Å². The molecule has 0 saturated heterocycles. The van der Waals surface area contributed by atoms with E-state index in [1.54, 1.807) is 20.3 Å². The van der Waals surface area contributed by atoms with E-state index in [4.69, 9.17) is 9.47 Å². The van der Waals surface area contributed by atoms with E-state index in [2.05, 4.69) is 13.8 Å². The van der Waals surface area contributed by atoms with Crippen LogP contribution in [0.4, 0.5) is 0 Å². The Morgan fingerprint density at radius 2 is 1.67 bits per heavy atom. The summed E-state index contributed by atoms with van der Waals surface area (Å²) in [7, 11) is 3.20. The molecule has 1 fully saturated rings. The van der Waals surface area contributed by atoms with E-state index in [1.165, 1.54) is 12.8 Å². The number of hydrogen-bond acceptors (Lipinski definition) is 3. The molecular formula is C18H26O3. The highest BCUT2D eigenvalue weighted by molar-refractivity contribution is 5.98. The van der Waals surface area contributed by atoms with Gasteiger partial charge in [-0.3, -0.25) is 4.79 Å². The van der Waals surface area contributed by atoms with Crippen molar-refractivity contribution in [1.29, 1.82) is 0 Å². The molecule has 1 aromatic rings. The highest BCUT2D eigenvalue weighted by Gasteiger charge is 2.28. The first-order valence-electron chi connectivity index (χ1n) is 7.83. The van der Waals surface area contributed by atoms with Crippen LogP contribution in [0.25, 0.3) is 0 Å². The summed E-state index contributed by atoms with van der Waals surface area (Å²) < 4.78 is 10.5. The third-order valence-corrected chi connectivity index (χ3v) is 4.75. The van der Waals surface area contributed by atoms with Crippen LogP contribution in [0.1, 0.15) is 49.9 Å². The van der Waals surface area contributed by atoms with Gasteiger partial charge in [-0.1, -0.05) is 13.8 Å². The molecule has 3 nitrogen and oxygen atoms in total. The van der Waals surface area contributed by atoms with Crippen LogP contribution in [0.2, 0.25) is 0 Å². The van der Waals surface area contributed by atoms with Crippen molar-refractivity contribution < 1.29 is 14.3 Å². The van der Waals surface area contributed by atoms with Crippen LogP contribution in [-0.4, -0.2) is 20.0 Å². The van der Waals surface area contributed by atoms with Crippen LogP contribution in [0.15, 0.2) is 18.2 Å². The maximum Gasteiger partial charge on any atom is 0.166 e. The SMILES string of the molecule is COc1ccc(C(=O)C2CCC(C(C)C)CC2)cc1OC. The molecule has 1 saturated carbocycles. The van der Waals surface area contributed by atoms with Gasteiger partial charge in [0.1, 0.15) is 0 Å². The van der Waals surface area contributed by atoms with Gasteiger partial charge in [0, 0.05) is 11.5 Å². The fourth-order valence-electron chi connectivity index (χ4n) is 3.27. The zero-order valence-corrected chi connectivity index (χ0v) is 13.5. The average molecular weight is 290 g/mol. The molecule has 1 aliphatic carbocycles. The summed E-state index contributed by atoms with van der Waals surface area (Å²) in [6.07, 6.45) is 4.36. The molecule has 0 aliphatic heterocycles. The molecule has 0 aromatic heterocycles. The van der Waals surface area contributed by atoms with Crippen molar-refractivity contribution in [2.45, 2.75) is 39.5 Å². The Morgan fingerprint density at radius 1 is 1.05 bits per heavy atom. The summed E-state index contributed by atoms with van der Waals surface area (Å²) in [4.78, 5) is 12.6. The number of benzene rings is 1. The number of carbonyl (C=O) groups is 1. The van der Waals surface area contributed by atoms with Crippen molar-refractivity contribution in [2.24, 2.45) is 17.8 Å². The minimum Gasteiger partial charge on any atom is -0.493 e. The number of rotatable bonds is 5. The lowest BCUT2D eigenvalue weighted by Crippen LogP contribution is -2.24. The smallest absolute Gasteiger partial charge is 0.166 e. The second-order valence-electron chi connectivity index (χ2n) is 6.29. The van der Waals surface area contributed by atoms with Crippen LogP contribution in [0, 0.1) is 17.8 Å². The fraction of sp³-hybridized carbons (Fsp3) is 0.611. The number of Topliss-reactive ketones (excluding diaryl/α,β-unsaturated/α-hetero) is 1. The first-order chi connectivity index (χ1) is 10.1. The lowest BCUT2D eigenvalue weighted by atomic mass is 9.75. The van der Waals surface area contributed by atoms with Gasteiger partial charge in [0.25, 0.3) is 0 Å². The number of ether oxygens (including phenoxy) is 2. The predicted octanol–water partition coefficient (Wildman–Crippen LogP) is 4.35. The molecule has 1 aromatic carbocycles. The van der Waals surface area contributed by atoms with Gasteiger partial charge in [0.05, 0.1) is 14.2 Å². The van der Waals surface area contributed by atoms with Crippen LogP contribution >= 0.6 is 0 Å². The molecule has 0 radical (unpaired) electrons. The van der Waals surface area contributed by atoms with Crippen molar-refractivity contribution in [3.8, 4) is 11.5 Å². The molecule has 0 spiro atoms. The molecule has 0 N–H and O–H groups in total. The fourth-order valence-corrected chi connectivity index (χ4v) is 3.27. The van der Waals surface area contributed by atoms with Gasteiger partial charge in [-0.05, 0) is 55.7 Å². The van der Waals surface area contributed by atoms with E-state index in [1.807, 2.05) is 12.1 Å². The molecule has 0 amide bonds. The third-order valence-electron chi connectivity index (χ3n) is 4.75. The highest BCUT2D eigenvalue weighted by atomic mass is 16.5. The number of ketones is 1. The normalized spacial score (nSPS) is 22.1. The van der Waals surface area contributed by atoms with E-state index >= 15 is 0 Å². The van der Waals surface area contributed by atoms with E-state index in [9.17, 15) is 4.79 Å². The third kappa shape index (κ3) is 3.58. The topological polar surface area (TPSA) is 35.5 Å². The van der Waals surface area contributed by atoms with Gasteiger partial charge in [-0.15, -0.1) is 0 Å². The van der Waals surface area contributed by atoms with Crippen molar-refractivity contribution in [3.05, 3.63) is 23.8 Å². The minimum absolute atomic E-state index is 0.165. The van der Waals surface area contributed by atoms with Crippen molar-refractivity contribution in [2.75, 3.05) is 14.2 Å². The summed E-state index contributed by atoms with van der Waals surface area (Å²) in [5.41, 5.74) is 0.737. The largest absolute Gasteiger partial charge is 0.493 e. The van der Waals surface area contributed by atoms with Gasteiger partial charge in [-0.25, -0.2) is 0 Å². The quantitative estimate of drug-likeness (QED) is 0.756. The van der Waals surface area contributed by atoms with Crippen molar-refractivity contribution >= 4 is 5.78 Å². The number of hydrogen-bond donors (Lipinski definition) is 0. The van der Waals surface area contributed by atoms with E-state index in [-0.39, 0.29) is 11.7 Å².